The summed E-state index contributed by atoms with van der Waals surface area (Å²) in [4.78, 5) is 9.66. The van der Waals surface area contributed by atoms with E-state index in [-0.39, 0.29) is 5.69 Å². The van der Waals surface area contributed by atoms with Gasteiger partial charge in [-0.3, -0.25) is 10.1 Å². The first kappa shape index (κ1) is 14.4. The smallest absolute Gasteiger partial charge is 0.275 e. The molecule has 0 aromatic heterocycles. The van der Waals surface area contributed by atoms with E-state index in [1.807, 2.05) is 0 Å². The lowest BCUT2D eigenvalue weighted by Crippen LogP contribution is -2.08. The van der Waals surface area contributed by atoms with Crippen LogP contribution in [0.2, 0.25) is 0 Å². The first-order chi connectivity index (χ1) is 9.58. The summed E-state index contributed by atoms with van der Waals surface area (Å²) < 4.78 is 27.2. The van der Waals surface area contributed by atoms with Crippen molar-refractivity contribution in [2.75, 3.05) is 11.9 Å². The van der Waals surface area contributed by atoms with E-state index in [1.165, 1.54) is 12.0 Å². The number of allylic oxidation sites excluding steroid dienone is 1. The van der Waals surface area contributed by atoms with E-state index in [0.29, 0.717) is 6.54 Å². The van der Waals surface area contributed by atoms with Crippen LogP contribution < -0.4 is 5.32 Å². The Kier molecular flexibility index (Phi) is 4.65. The fourth-order valence-corrected chi connectivity index (χ4v) is 2.31. The summed E-state index contributed by atoms with van der Waals surface area (Å²) in [5, 5.41) is 13.2. The van der Waals surface area contributed by atoms with Crippen LogP contribution in [-0.2, 0) is 0 Å². The van der Waals surface area contributed by atoms with Gasteiger partial charge in [0.05, 0.1) is 17.1 Å². The molecular formula is C14H16F2N2O2. The molecule has 0 bridgehead atoms. The molecule has 0 spiro atoms. The minimum Gasteiger partial charge on any atom is -0.380 e. The highest BCUT2D eigenvalue weighted by Crippen LogP contribution is 2.25. The molecule has 0 aliphatic heterocycles. The maximum Gasteiger partial charge on any atom is 0.275 e. The highest BCUT2D eigenvalue weighted by atomic mass is 19.1. The van der Waals surface area contributed by atoms with Gasteiger partial charge in [-0.25, -0.2) is 8.78 Å². The molecular weight excluding hydrogens is 266 g/mol. The largest absolute Gasteiger partial charge is 0.380 e. The Hall–Kier alpha value is -1.98. The molecule has 0 radical (unpaired) electrons. The maximum absolute atomic E-state index is 13.6. The normalized spacial score (nSPS) is 14.8. The fraction of sp³-hybridized carbons (Fsp3) is 0.429. The number of hydrogen-bond acceptors (Lipinski definition) is 3. The van der Waals surface area contributed by atoms with Gasteiger partial charge in [-0.1, -0.05) is 11.6 Å². The second-order valence-electron chi connectivity index (χ2n) is 4.83. The standard InChI is InChI=1S/C14H16F2N2O2/c15-12-8-11(18(19)20)9-13(16)14(12)17-7-6-10-4-2-1-3-5-10/h4,8-9,17H,1-3,5-7H2. The van der Waals surface area contributed by atoms with Gasteiger partial charge in [-0.15, -0.1) is 0 Å². The second-order valence-corrected chi connectivity index (χ2v) is 4.83. The van der Waals surface area contributed by atoms with Gasteiger partial charge in [-0.2, -0.15) is 0 Å². The Morgan fingerprint density at radius 1 is 1.25 bits per heavy atom. The summed E-state index contributed by atoms with van der Waals surface area (Å²) in [5.74, 6) is -1.87. The zero-order chi connectivity index (χ0) is 14.5. The lowest BCUT2D eigenvalue weighted by molar-refractivity contribution is -0.385. The number of hydrogen-bond donors (Lipinski definition) is 1. The van der Waals surface area contributed by atoms with Crippen molar-refractivity contribution >= 4 is 11.4 Å². The molecule has 0 fully saturated rings. The quantitative estimate of drug-likeness (QED) is 0.501. The number of nitro groups is 1. The monoisotopic (exact) mass is 282 g/mol. The van der Waals surface area contributed by atoms with E-state index >= 15 is 0 Å². The highest BCUT2D eigenvalue weighted by molar-refractivity contribution is 5.51. The third kappa shape index (κ3) is 3.53. The molecule has 0 saturated heterocycles. The van der Waals surface area contributed by atoms with E-state index in [9.17, 15) is 18.9 Å². The van der Waals surface area contributed by atoms with Crippen LogP contribution >= 0.6 is 0 Å². The maximum atomic E-state index is 13.6. The third-order valence-corrected chi connectivity index (χ3v) is 3.37. The topological polar surface area (TPSA) is 55.2 Å². The molecule has 1 aliphatic carbocycles. The van der Waals surface area contributed by atoms with Gasteiger partial charge in [0.1, 0.15) is 5.69 Å². The summed E-state index contributed by atoms with van der Waals surface area (Å²) in [6, 6.07) is 1.45. The zero-order valence-corrected chi connectivity index (χ0v) is 11.0. The summed E-state index contributed by atoms with van der Waals surface area (Å²) in [6.45, 7) is 0.414. The van der Waals surface area contributed by atoms with Crippen molar-refractivity contribution in [3.05, 3.63) is 45.5 Å². The van der Waals surface area contributed by atoms with Gasteiger partial charge >= 0.3 is 0 Å². The number of rotatable bonds is 5. The van der Waals surface area contributed by atoms with Crippen LogP contribution in [0.1, 0.15) is 32.1 Å². The van der Waals surface area contributed by atoms with Gasteiger partial charge in [0, 0.05) is 6.54 Å². The minimum atomic E-state index is -0.936. The minimum absolute atomic E-state index is 0.299. The van der Waals surface area contributed by atoms with Crippen LogP contribution in [0, 0.1) is 21.7 Å². The van der Waals surface area contributed by atoms with E-state index < -0.39 is 22.2 Å². The van der Waals surface area contributed by atoms with Crippen molar-refractivity contribution in [1.29, 1.82) is 0 Å². The molecule has 1 aromatic carbocycles. The molecule has 0 heterocycles. The van der Waals surface area contributed by atoms with Gasteiger partial charge in [0.25, 0.3) is 5.69 Å². The number of nitro benzene ring substituents is 1. The summed E-state index contributed by atoms with van der Waals surface area (Å²) in [6.07, 6.45) is 7.36. The van der Waals surface area contributed by atoms with Crippen molar-refractivity contribution in [3.8, 4) is 0 Å². The molecule has 0 atom stereocenters. The van der Waals surface area contributed by atoms with E-state index in [0.717, 1.165) is 37.8 Å². The van der Waals surface area contributed by atoms with Crippen LogP contribution in [0.5, 0.6) is 0 Å². The van der Waals surface area contributed by atoms with Gasteiger partial charge in [-0.05, 0) is 32.1 Å². The summed E-state index contributed by atoms with van der Waals surface area (Å²) >= 11 is 0. The predicted molar refractivity (Wildman–Crippen MR) is 72.7 cm³/mol. The average molecular weight is 282 g/mol. The van der Waals surface area contributed by atoms with Crippen LogP contribution in [0.3, 0.4) is 0 Å². The predicted octanol–water partition coefficient (Wildman–Crippen LogP) is 4.18. The number of benzene rings is 1. The number of nitrogens with one attached hydrogen (secondary N) is 1. The SMILES string of the molecule is O=[N+]([O-])c1cc(F)c(NCCC2=CCCCC2)c(F)c1. The Morgan fingerprint density at radius 2 is 1.95 bits per heavy atom. The van der Waals surface area contributed by atoms with Gasteiger partial charge in [0.2, 0.25) is 0 Å². The van der Waals surface area contributed by atoms with Gasteiger partial charge < -0.3 is 5.32 Å². The first-order valence-corrected chi connectivity index (χ1v) is 6.63. The molecule has 0 saturated carbocycles. The van der Waals surface area contributed by atoms with E-state index in [4.69, 9.17) is 0 Å². The van der Waals surface area contributed by atoms with E-state index in [2.05, 4.69) is 11.4 Å². The van der Waals surface area contributed by atoms with Crippen LogP contribution in [0.4, 0.5) is 20.2 Å². The van der Waals surface area contributed by atoms with Crippen LogP contribution in [0.15, 0.2) is 23.8 Å². The lowest BCUT2D eigenvalue weighted by atomic mass is 9.97. The average Bonchev–Trinajstić information content (AvgIpc) is 2.42. The highest BCUT2D eigenvalue weighted by Gasteiger charge is 2.16. The van der Waals surface area contributed by atoms with E-state index in [1.54, 1.807) is 0 Å². The molecule has 108 valence electrons. The lowest BCUT2D eigenvalue weighted by Gasteiger charge is -2.14. The number of anilines is 1. The van der Waals surface area contributed by atoms with Crippen molar-refractivity contribution in [2.24, 2.45) is 0 Å². The molecule has 0 unspecified atom stereocenters. The molecule has 2 rings (SSSR count). The Labute approximate surface area is 115 Å². The van der Waals surface area contributed by atoms with Crippen molar-refractivity contribution < 1.29 is 13.7 Å². The third-order valence-electron chi connectivity index (χ3n) is 3.37. The first-order valence-electron chi connectivity index (χ1n) is 6.63. The Bertz CT molecular complexity index is 521. The number of halogens is 2. The molecule has 20 heavy (non-hydrogen) atoms. The molecule has 1 aromatic rings. The molecule has 0 amide bonds. The zero-order valence-electron chi connectivity index (χ0n) is 11.0. The molecule has 4 nitrogen and oxygen atoms in total. The van der Waals surface area contributed by atoms with Crippen LogP contribution in [-0.4, -0.2) is 11.5 Å². The van der Waals surface area contributed by atoms with Crippen molar-refractivity contribution in [3.63, 3.8) is 0 Å². The van der Waals surface area contributed by atoms with Gasteiger partial charge in [0.15, 0.2) is 11.6 Å². The number of nitrogens with zero attached hydrogens (tertiary/aromatic N) is 1. The molecule has 6 heteroatoms. The Morgan fingerprint density at radius 3 is 2.50 bits per heavy atom. The second kappa shape index (κ2) is 6.45. The van der Waals surface area contributed by atoms with Crippen LogP contribution in [0.25, 0.3) is 0 Å². The summed E-state index contributed by atoms with van der Waals surface area (Å²) in [7, 11) is 0. The van der Waals surface area contributed by atoms with Crippen molar-refractivity contribution in [1.82, 2.24) is 0 Å². The van der Waals surface area contributed by atoms with Crippen molar-refractivity contribution in [2.45, 2.75) is 32.1 Å². The Balaban J connectivity index is 1.99. The number of non-ortho nitro benzene ring substituents is 1. The fourth-order valence-electron chi connectivity index (χ4n) is 2.31. The summed E-state index contributed by atoms with van der Waals surface area (Å²) in [5.41, 5.74) is 0.416. The molecule has 1 aliphatic rings. The molecule has 1 N–H and O–H groups in total.